The van der Waals surface area contributed by atoms with Crippen LogP contribution in [0.3, 0.4) is 0 Å². The van der Waals surface area contributed by atoms with E-state index in [-0.39, 0.29) is 0 Å². The summed E-state index contributed by atoms with van der Waals surface area (Å²) in [5.41, 5.74) is 8.34. The van der Waals surface area contributed by atoms with Crippen LogP contribution in [0.2, 0.25) is 0 Å². The maximum atomic E-state index is 12.2. The van der Waals surface area contributed by atoms with Crippen molar-refractivity contribution in [2.45, 2.75) is 0 Å². The fraction of sp³-hybridized carbons (Fsp3) is 0.0741. The van der Waals surface area contributed by atoms with E-state index in [1.54, 1.807) is 51.0 Å². The Morgan fingerprint density at radius 3 is 2.38 bits per heavy atom. The van der Waals surface area contributed by atoms with E-state index in [4.69, 9.17) is 19.9 Å². The lowest BCUT2D eigenvalue weighted by Crippen LogP contribution is -2.12. The molecule has 5 aromatic rings. The number of ether oxygens (including phenoxy) is 3. The molecule has 7 heteroatoms. The van der Waals surface area contributed by atoms with E-state index in [0.29, 0.717) is 34.1 Å². The van der Waals surface area contributed by atoms with E-state index in [2.05, 4.69) is 9.97 Å². The minimum Gasteiger partial charge on any atom is -0.493 e. The summed E-state index contributed by atoms with van der Waals surface area (Å²) in [6, 6.07) is 18.5. The molecule has 7 nitrogen and oxygen atoms in total. The predicted molar refractivity (Wildman–Crippen MR) is 131 cm³/mol. The number of nitrogens with two attached hydrogens (primary N) is 1. The number of hydrogen-bond acceptors (Lipinski definition) is 6. The molecule has 5 rings (SSSR count). The Kier molecular flexibility index (Phi) is 5.43. The molecule has 0 unspecified atom stereocenters. The number of pyridine rings is 2. The zero-order valence-corrected chi connectivity index (χ0v) is 18.6. The van der Waals surface area contributed by atoms with Crippen LogP contribution in [0.4, 0.5) is 0 Å². The van der Waals surface area contributed by atoms with Gasteiger partial charge in [-0.1, -0.05) is 18.2 Å². The quantitative estimate of drug-likeness (QED) is 0.373. The van der Waals surface area contributed by atoms with Crippen LogP contribution in [0.15, 0.2) is 79.3 Å². The highest BCUT2D eigenvalue weighted by molar-refractivity contribution is 6.09. The number of aromatic nitrogens is 2. The molecule has 0 aliphatic heterocycles. The van der Waals surface area contributed by atoms with Crippen molar-refractivity contribution in [3.8, 4) is 34.1 Å². The molecule has 0 aliphatic rings. The molecule has 2 aromatic heterocycles. The van der Waals surface area contributed by atoms with E-state index >= 15 is 0 Å². The number of carbonyl (C=O) groups is 1. The van der Waals surface area contributed by atoms with Gasteiger partial charge < -0.3 is 19.9 Å². The highest BCUT2D eigenvalue weighted by atomic mass is 16.5. The molecule has 0 aliphatic carbocycles. The lowest BCUT2D eigenvalue weighted by atomic mass is 9.93. The van der Waals surface area contributed by atoms with Crippen molar-refractivity contribution in [2.75, 3.05) is 14.2 Å². The average Bonchev–Trinajstić information content (AvgIpc) is 2.87. The molecule has 2 heterocycles. The minimum atomic E-state index is -0.506. The fourth-order valence-electron chi connectivity index (χ4n) is 4.05. The van der Waals surface area contributed by atoms with Crippen LogP contribution in [0.5, 0.6) is 23.0 Å². The molecule has 3 aromatic carbocycles. The van der Waals surface area contributed by atoms with Gasteiger partial charge in [0.25, 0.3) is 0 Å². The van der Waals surface area contributed by atoms with E-state index in [9.17, 15) is 4.79 Å². The molecule has 0 saturated carbocycles. The number of carbonyl (C=O) groups excluding carboxylic acids is 1. The van der Waals surface area contributed by atoms with Crippen LogP contribution in [0.1, 0.15) is 10.4 Å². The first kappa shape index (κ1) is 21.2. The lowest BCUT2D eigenvalue weighted by Gasteiger charge is -2.14. The molecule has 0 radical (unpaired) electrons. The van der Waals surface area contributed by atoms with Gasteiger partial charge in [-0.2, -0.15) is 0 Å². The highest BCUT2D eigenvalue weighted by Crippen LogP contribution is 2.39. The van der Waals surface area contributed by atoms with Crippen molar-refractivity contribution in [3.05, 3.63) is 84.8 Å². The first-order valence-corrected chi connectivity index (χ1v) is 10.5. The van der Waals surface area contributed by atoms with Crippen molar-refractivity contribution in [2.24, 2.45) is 5.73 Å². The summed E-state index contributed by atoms with van der Waals surface area (Å²) in [6.07, 6.45) is 5.08. The zero-order chi connectivity index (χ0) is 23.7. The van der Waals surface area contributed by atoms with Gasteiger partial charge in [0.05, 0.1) is 19.7 Å². The van der Waals surface area contributed by atoms with Crippen molar-refractivity contribution in [3.63, 3.8) is 0 Å². The van der Waals surface area contributed by atoms with Crippen LogP contribution >= 0.6 is 0 Å². The van der Waals surface area contributed by atoms with Crippen LogP contribution < -0.4 is 19.9 Å². The summed E-state index contributed by atoms with van der Waals surface area (Å²) in [7, 11) is 3.17. The van der Waals surface area contributed by atoms with Crippen molar-refractivity contribution in [1.29, 1.82) is 0 Å². The van der Waals surface area contributed by atoms with E-state index in [1.165, 1.54) is 0 Å². The van der Waals surface area contributed by atoms with Gasteiger partial charge in [-0.05, 0) is 47.2 Å². The number of benzene rings is 3. The zero-order valence-electron chi connectivity index (χ0n) is 18.6. The molecule has 0 fully saturated rings. The Morgan fingerprint density at radius 2 is 1.65 bits per heavy atom. The lowest BCUT2D eigenvalue weighted by molar-refractivity contribution is 0.100. The number of nitrogens with zero attached hydrogens (tertiary/aromatic N) is 2. The van der Waals surface area contributed by atoms with Crippen molar-refractivity contribution >= 4 is 27.6 Å². The van der Waals surface area contributed by atoms with Gasteiger partial charge >= 0.3 is 0 Å². The monoisotopic (exact) mass is 451 g/mol. The van der Waals surface area contributed by atoms with Gasteiger partial charge in [-0.25, -0.2) is 0 Å². The summed E-state index contributed by atoms with van der Waals surface area (Å²) < 4.78 is 17.1. The second-order valence-electron chi connectivity index (χ2n) is 7.61. The van der Waals surface area contributed by atoms with Crippen LogP contribution in [0, 0.1) is 0 Å². The maximum absolute atomic E-state index is 12.2. The topological polar surface area (TPSA) is 96.6 Å². The molecule has 0 bridgehead atoms. The number of fused-ring (bicyclic) bond motifs is 2. The van der Waals surface area contributed by atoms with Crippen molar-refractivity contribution in [1.82, 2.24) is 9.97 Å². The first-order valence-electron chi connectivity index (χ1n) is 10.5. The Hall–Kier alpha value is -4.65. The van der Waals surface area contributed by atoms with E-state index in [1.807, 2.05) is 42.5 Å². The Bertz CT molecular complexity index is 1530. The maximum Gasteiger partial charge on any atom is 0.249 e. The molecule has 168 valence electrons. The summed E-state index contributed by atoms with van der Waals surface area (Å²) in [5.74, 6) is 1.87. The second-order valence-corrected chi connectivity index (χ2v) is 7.61. The standard InChI is InChI=1S/C27H21N3O4/c1-32-24-13-21-22(14-25(24)33-2)30-11-9-23(21)34-18-7-5-16-6-8-19(27(28)31)26(20(16)12-18)17-4-3-10-29-15-17/h3-15H,1-2H3,(H2,28,31). The third kappa shape index (κ3) is 3.73. The number of methoxy groups -OCH3 is 2. The van der Waals surface area contributed by atoms with Gasteiger partial charge in [0.1, 0.15) is 11.5 Å². The largest absolute Gasteiger partial charge is 0.493 e. The number of primary amides is 1. The Morgan fingerprint density at radius 1 is 0.853 bits per heavy atom. The third-order valence-electron chi connectivity index (χ3n) is 5.64. The predicted octanol–water partition coefficient (Wildman–Crippen LogP) is 5.36. The molecular formula is C27H21N3O4. The minimum absolute atomic E-state index is 0.420. The van der Waals surface area contributed by atoms with Gasteiger partial charge in [0, 0.05) is 46.7 Å². The number of rotatable bonds is 6. The average molecular weight is 451 g/mol. The first-order chi connectivity index (χ1) is 16.6. The van der Waals surface area contributed by atoms with Gasteiger partial charge in [-0.15, -0.1) is 0 Å². The summed E-state index contributed by atoms with van der Waals surface area (Å²) >= 11 is 0. The molecule has 34 heavy (non-hydrogen) atoms. The summed E-state index contributed by atoms with van der Waals surface area (Å²) in [4.78, 5) is 20.9. The molecule has 0 spiro atoms. The van der Waals surface area contributed by atoms with Crippen LogP contribution in [-0.4, -0.2) is 30.1 Å². The summed E-state index contributed by atoms with van der Waals surface area (Å²) in [5, 5.41) is 2.56. The van der Waals surface area contributed by atoms with Crippen LogP contribution in [-0.2, 0) is 0 Å². The Labute approximate surface area is 195 Å². The van der Waals surface area contributed by atoms with Gasteiger partial charge in [0.2, 0.25) is 5.91 Å². The van der Waals surface area contributed by atoms with Gasteiger partial charge in [-0.3, -0.25) is 14.8 Å². The molecular weight excluding hydrogens is 430 g/mol. The second kappa shape index (κ2) is 8.71. The SMILES string of the molecule is COc1cc2nccc(Oc3ccc4ccc(C(N)=O)c(-c5cccnc5)c4c3)c2cc1OC. The molecule has 2 N–H and O–H groups in total. The third-order valence-corrected chi connectivity index (χ3v) is 5.64. The smallest absolute Gasteiger partial charge is 0.249 e. The highest BCUT2D eigenvalue weighted by Gasteiger charge is 2.16. The van der Waals surface area contributed by atoms with E-state index < -0.39 is 5.91 Å². The van der Waals surface area contributed by atoms with Crippen molar-refractivity contribution < 1.29 is 19.0 Å². The number of hydrogen-bond donors (Lipinski definition) is 1. The van der Waals surface area contributed by atoms with Crippen LogP contribution in [0.25, 0.3) is 32.8 Å². The number of amides is 1. The molecule has 0 atom stereocenters. The molecule has 0 saturated heterocycles. The van der Waals surface area contributed by atoms with Gasteiger partial charge in [0.15, 0.2) is 11.5 Å². The Balaban J connectivity index is 1.66. The summed E-state index contributed by atoms with van der Waals surface area (Å²) in [6.45, 7) is 0. The molecule has 1 amide bonds. The van der Waals surface area contributed by atoms with E-state index in [0.717, 1.165) is 27.3 Å². The normalized spacial score (nSPS) is 10.9. The fourth-order valence-corrected chi connectivity index (χ4v) is 4.05.